The van der Waals surface area contributed by atoms with Crippen LogP contribution in [-0.4, -0.2) is 67.1 Å². The molecule has 20 heavy (non-hydrogen) atoms. The topological polar surface area (TPSA) is 88.1 Å². The fourth-order valence-corrected chi connectivity index (χ4v) is 2.12. The molecule has 116 valence electrons. The Morgan fingerprint density at radius 2 is 2.20 bits per heavy atom. The molecule has 1 rings (SSSR count). The number of amides is 2. The number of methoxy groups -OCH3 is 1. The summed E-state index contributed by atoms with van der Waals surface area (Å²) in [7, 11) is 1.56. The van der Waals surface area contributed by atoms with E-state index in [0.29, 0.717) is 39.1 Å². The Bertz CT molecular complexity index is 346. The summed E-state index contributed by atoms with van der Waals surface area (Å²) in [6.45, 7) is 5.66. The molecule has 1 heterocycles. The number of hydrogen-bond acceptors (Lipinski definition) is 4. The number of rotatable bonds is 6. The van der Waals surface area contributed by atoms with Crippen molar-refractivity contribution < 1.29 is 24.2 Å². The molecule has 1 atom stereocenters. The molecule has 0 aliphatic carbocycles. The Kier molecular flexibility index (Phi) is 6.22. The fraction of sp³-hybridized carbons (Fsp3) is 0.846. The van der Waals surface area contributed by atoms with Gasteiger partial charge in [0.2, 0.25) is 0 Å². The maximum absolute atomic E-state index is 12.1. The zero-order chi connectivity index (χ0) is 15.2. The molecule has 0 bridgehead atoms. The average Bonchev–Trinajstić information content (AvgIpc) is 2.36. The van der Waals surface area contributed by atoms with E-state index in [1.165, 1.54) is 0 Å². The van der Waals surface area contributed by atoms with E-state index in [1.54, 1.807) is 12.0 Å². The molecule has 1 fully saturated rings. The van der Waals surface area contributed by atoms with Crippen molar-refractivity contribution in [3.63, 3.8) is 0 Å². The van der Waals surface area contributed by atoms with Gasteiger partial charge in [0.1, 0.15) is 6.04 Å². The molecule has 0 saturated carbocycles. The predicted octanol–water partition coefficient (Wildman–Crippen LogP) is 0.687. The summed E-state index contributed by atoms with van der Waals surface area (Å²) in [6.07, 6.45) is 0.936. The van der Waals surface area contributed by atoms with Crippen LogP contribution in [0.2, 0.25) is 0 Å². The minimum absolute atomic E-state index is 0.350. The number of carboxylic acids is 1. The van der Waals surface area contributed by atoms with Crippen molar-refractivity contribution in [3.05, 3.63) is 0 Å². The van der Waals surface area contributed by atoms with Gasteiger partial charge in [-0.15, -0.1) is 0 Å². The van der Waals surface area contributed by atoms with Gasteiger partial charge >= 0.3 is 12.0 Å². The molecule has 1 aliphatic rings. The molecule has 1 unspecified atom stereocenters. The molecule has 7 heteroatoms. The van der Waals surface area contributed by atoms with E-state index in [0.717, 1.165) is 0 Å². The van der Waals surface area contributed by atoms with Gasteiger partial charge in [-0.05, 0) is 26.7 Å². The molecule has 0 aromatic carbocycles. The Morgan fingerprint density at radius 3 is 2.75 bits per heavy atom. The van der Waals surface area contributed by atoms with Crippen LogP contribution in [0.1, 0.15) is 26.7 Å². The van der Waals surface area contributed by atoms with Gasteiger partial charge in [0.15, 0.2) is 0 Å². The van der Waals surface area contributed by atoms with E-state index >= 15 is 0 Å². The van der Waals surface area contributed by atoms with Crippen molar-refractivity contribution in [1.29, 1.82) is 0 Å². The SMILES string of the molecule is COCCCC(NC(=O)N1CCOC(C)(C)C1)C(=O)O. The highest BCUT2D eigenvalue weighted by Crippen LogP contribution is 2.16. The van der Waals surface area contributed by atoms with E-state index in [1.807, 2.05) is 13.8 Å². The van der Waals surface area contributed by atoms with Crippen LogP contribution in [0.25, 0.3) is 0 Å². The number of hydrogen-bond donors (Lipinski definition) is 2. The van der Waals surface area contributed by atoms with Gasteiger partial charge in [-0.3, -0.25) is 0 Å². The lowest BCUT2D eigenvalue weighted by Gasteiger charge is -2.38. The van der Waals surface area contributed by atoms with Crippen LogP contribution in [0.15, 0.2) is 0 Å². The van der Waals surface area contributed by atoms with Gasteiger partial charge in [0.05, 0.1) is 18.8 Å². The van der Waals surface area contributed by atoms with Gasteiger partial charge < -0.3 is 24.8 Å². The monoisotopic (exact) mass is 288 g/mol. The summed E-state index contributed by atoms with van der Waals surface area (Å²) in [6, 6.07) is -1.24. The first-order valence-corrected chi connectivity index (χ1v) is 6.77. The summed E-state index contributed by atoms with van der Waals surface area (Å²) >= 11 is 0. The number of aliphatic carboxylic acids is 1. The first kappa shape index (κ1) is 16.7. The van der Waals surface area contributed by atoms with Gasteiger partial charge in [-0.25, -0.2) is 9.59 Å². The Hall–Kier alpha value is -1.34. The molecular weight excluding hydrogens is 264 g/mol. The normalized spacial score (nSPS) is 19.4. The summed E-state index contributed by atoms with van der Waals surface area (Å²) in [5, 5.41) is 11.7. The summed E-state index contributed by atoms with van der Waals surface area (Å²) in [5.41, 5.74) is -0.398. The highest BCUT2D eigenvalue weighted by molar-refractivity contribution is 5.82. The van der Waals surface area contributed by atoms with Crippen LogP contribution in [0.5, 0.6) is 0 Å². The lowest BCUT2D eigenvalue weighted by atomic mass is 10.1. The van der Waals surface area contributed by atoms with Crippen molar-refractivity contribution >= 4 is 12.0 Å². The molecule has 0 spiro atoms. The van der Waals surface area contributed by atoms with E-state index in [2.05, 4.69) is 5.32 Å². The third-order valence-electron chi connectivity index (χ3n) is 3.15. The zero-order valence-electron chi connectivity index (χ0n) is 12.3. The van der Waals surface area contributed by atoms with Crippen LogP contribution in [0.4, 0.5) is 4.79 Å². The third-order valence-corrected chi connectivity index (χ3v) is 3.15. The summed E-state index contributed by atoms with van der Waals surface area (Å²) in [4.78, 5) is 24.8. The molecule has 0 aromatic heterocycles. The molecule has 0 radical (unpaired) electrons. The lowest BCUT2D eigenvalue weighted by Crippen LogP contribution is -2.56. The van der Waals surface area contributed by atoms with E-state index in [9.17, 15) is 9.59 Å². The van der Waals surface area contributed by atoms with Crippen molar-refractivity contribution in [3.8, 4) is 0 Å². The maximum Gasteiger partial charge on any atom is 0.326 e. The van der Waals surface area contributed by atoms with E-state index in [4.69, 9.17) is 14.6 Å². The molecule has 1 saturated heterocycles. The van der Waals surface area contributed by atoms with E-state index < -0.39 is 17.6 Å². The van der Waals surface area contributed by atoms with Crippen LogP contribution >= 0.6 is 0 Å². The highest BCUT2D eigenvalue weighted by Gasteiger charge is 2.31. The number of ether oxygens (including phenoxy) is 2. The van der Waals surface area contributed by atoms with E-state index in [-0.39, 0.29) is 6.03 Å². The van der Waals surface area contributed by atoms with Gasteiger partial charge in [-0.2, -0.15) is 0 Å². The minimum atomic E-state index is -1.03. The predicted molar refractivity (Wildman–Crippen MR) is 72.7 cm³/mol. The third kappa shape index (κ3) is 5.34. The van der Waals surface area contributed by atoms with Crippen molar-refractivity contribution in [2.45, 2.75) is 38.3 Å². The zero-order valence-corrected chi connectivity index (χ0v) is 12.3. The second-order valence-electron chi connectivity index (χ2n) is 5.51. The Balaban J connectivity index is 2.50. The summed E-state index contributed by atoms with van der Waals surface area (Å²) in [5.74, 6) is -1.03. The highest BCUT2D eigenvalue weighted by atomic mass is 16.5. The molecule has 1 aliphatic heterocycles. The standard InChI is InChI=1S/C13H24N2O5/c1-13(2)9-15(6-8-20-13)12(18)14-10(11(16)17)5-4-7-19-3/h10H,4-9H2,1-3H3,(H,14,18)(H,16,17). The van der Waals surface area contributed by atoms with Crippen LogP contribution < -0.4 is 5.32 Å². The average molecular weight is 288 g/mol. The Labute approximate surface area is 119 Å². The first-order chi connectivity index (χ1) is 9.35. The lowest BCUT2D eigenvalue weighted by molar-refractivity contribution is -0.139. The molecule has 0 aromatic rings. The molecule has 2 N–H and O–H groups in total. The second kappa shape index (κ2) is 7.44. The summed E-state index contributed by atoms with van der Waals surface area (Å²) < 4.78 is 10.4. The minimum Gasteiger partial charge on any atom is -0.480 e. The van der Waals surface area contributed by atoms with Crippen molar-refractivity contribution in [2.75, 3.05) is 33.4 Å². The number of urea groups is 1. The van der Waals surface area contributed by atoms with Gasteiger partial charge in [0, 0.05) is 20.3 Å². The smallest absolute Gasteiger partial charge is 0.326 e. The molecule has 2 amide bonds. The fourth-order valence-electron chi connectivity index (χ4n) is 2.12. The number of nitrogens with zero attached hydrogens (tertiary/aromatic N) is 1. The first-order valence-electron chi connectivity index (χ1n) is 6.77. The van der Waals surface area contributed by atoms with Gasteiger partial charge in [-0.1, -0.05) is 0 Å². The largest absolute Gasteiger partial charge is 0.480 e. The van der Waals surface area contributed by atoms with Crippen LogP contribution in [0, 0.1) is 0 Å². The van der Waals surface area contributed by atoms with Crippen LogP contribution in [-0.2, 0) is 14.3 Å². The van der Waals surface area contributed by atoms with Crippen LogP contribution in [0.3, 0.4) is 0 Å². The number of nitrogens with one attached hydrogen (secondary N) is 1. The van der Waals surface area contributed by atoms with Gasteiger partial charge in [0.25, 0.3) is 0 Å². The number of morpholine rings is 1. The van der Waals surface area contributed by atoms with Crippen molar-refractivity contribution in [2.24, 2.45) is 0 Å². The number of carboxylic acid groups (broad SMARTS) is 1. The second-order valence-corrected chi connectivity index (χ2v) is 5.51. The number of carbonyl (C=O) groups is 2. The molecule has 7 nitrogen and oxygen atoms in total. The van der Waals surface area contributed by atoms with Crippen molar-refractivity contribution in [1.82, 2.24) is 10.2 Å². The maximum atomic E-state index is 12.1. The molecular formula is C13H24N2O5. The number of carbonyl (C=O) groups excluding carboxylic acids is 1. The quantitative estimate of drug-likeness (QED) is 0.702. The Morgan fingerprint density at radius 1 is 1.50 bits per heavy atom.